The summed E-state index contributed by atoms with van der Waals surface area (Å²) in [4.78, 5) is 16.7. The van der Waals surface area contributed by atoms with E-state index < -0.39 is 5.97 Å². The molecule has 0 atom stereocenters. The van der Waals surface area contributed by atoms with Gasteiger partial charge in [0.2, 0.25) is 0 Å². The van der Waals surface area contributed by atoms with E-state index in [-0.39, 0.29) is 0 Å². The van der Waals surface area contributed by atoms with Crippen LogP contribution in [0.15, 0.2) is 72.4 Å². The highest BCUT2D eigenvalue weighted by atomic mass is 16.7. The Balaban J connectivity index is 1.99. The molecule has 0 saturated heterocycles. The number of carbonyl (C=O) groups is 1. The summed E-state index contributed by atoms with van der Waals surface area (Å²) in [5, 5.41) is 3.87. The van der Waals surface area contributed by atoms with Crippen molar-refractivity contribution in [2.45, 2.75) is 6.92 Å². The first-order valence-corrected chi connectivity index (χ1v) is 6.86. The number of rotatable bonds is 6. The van der Waals surface area contributed by atoms with Gasteiger partial charge in [0, 0.05) is 0 Å². The van der Waals surface area contributed by atoms with Crippen LogP contribution in [0.2, 0.25) is 0 Å². The summed E-state index contributed by atoms with van der Waals surface area (Å²) in [6, 6.07) is 16.1. The van der Waals surface area contributed by atoms with E-state index in [0.29, 0.717) is 17.9 Å². The zero-order valence-electron chi connectivity index (χ0n) is 12.4. The Hall–Kier alpha value is -2.88. The molecular weight excluding hydrogens is 278 g/mol. The van der Waals surface area contributed by atoms with Gasteiger partial charge in [-0.3, -0.25) is 0 Å². The maximum atomic E-state index is 11.8. The second kappa shape index (κ2) is 7.78. The second-order valence-corrected chi connectivity index (χ2v) is 4.55. The Bertz CT molecular complexity index is 660. The Morgan fingerprint density at radius 2 is 1.77 bits per heavy atom. The average Bonchev–Trinajstić information content (AvgIpc) is 2.58. The Kier molecular flexibility index (Phi) is 5.49. The van der Waals surface area contributed by atoms with E-state index in [2.05, 4.69) is 11.7 Å². The lowest BCUT2D eigenvalue weighted by molar-refractivity contribution is 0.0516. The third-order valence-corrected chi connectivity index (χ3v) is 2.91. The zero-order chi connectivity index (χ0) is 15.8. The van der Waals surface area contributed by atoms with E-state index in [1.807, 2.05) is 30.3 Å². The van der Waals surface area contributed by atoms with Crippen LogP contribution in [0, 0.1) is 0 Å². The molecule has 0 N–H and O–H groups in total. The molecule has 0 aliphatic carbocycles. The van der Waals surface area contributed by atoms with Crippen molar-refractivity contribution in [1.82, 2.24) is 0 Å². The van der Waals surface area contributed by atoms with Crippen molar-refractivity contribution in [3.63, 3.8) is 0 Å². The molecule has 4 nitrogen and oxygen atoms in total. The minimum absolute atomic E-state index is 0.459. The van der Waals surface area contributed by atoms with Gasteiger partial charge in [0.05, 0.1) is 11.3 Å². The molecule has 0 bridgehead atoms. The van der Waals surface area contributed by atoms with Gasteiger partial charge in [0.15, 0.2) is 0 Å². The van der Waals surface area contributed by atoms with Crippen LogP contribution in [0.1, 0.15) is 22.8 Å². The van der Waals surface area contributed by atoms with Gasteiger partial charge >= 0.3 is 5.97 Å². The summed E-state index contributed by atoms with van der Waals surface area (Å²) in [6.45, 7) is 5.83. The molecule has 22 heavy (non-hydrogen) atoms. The first kappa shape index (κ1) is 15.5. The van der Waals surface area contributed by atoms with Gasteiger partial charge in [-0.2, -0.15) is 0 Å². The second-order valence-electron chi connectivity index (χ2n) is 4.55. The molecule has 0 heterocycles. The molecule has 4 heteroatoms. The predicted molar refractivity (Wildman–Crippen MR) is 86.2 cm³/mol. The maximum Gasteiger partial charge on any atom is 0.365 e. The van der Waals surface area contributed by atoms with Crippen LogP contribution in [-0.2, 0) is 4.84 Å². The smallest absolute Gasteiger partial charge is 0.365 e. The molecule has 0 saturated carbocycles. The minimum Gasteiger partial charge on any atom is -0.490 e. The van der Waals surface area contributed by atoms with Gasteiger partial charge in [-0.1, -0.05) is 36.0 Å². The Labute approximate surface area is 129 Å². The highest BCUT2D eigenvalue weighted by molar-refractivity contribution is 5.99. The van der Waals surface area contributed by atoms with Crippen molar-refractivity contribution in [1.29, 1.82) is 0 Å². The van der Waals surface area contributed by atoms with Gasteiger partial charge in [-0.25, -0.2) is 4.79 Å². The lowest BCUT2D eigenvalue weighted by Gasteiger charge is -2.05. The fourth-order valence-corrected chi connectivity index (χ4v) is 1.74. The van der Waals surface area contributed by atoms with Gasteiger partial charge in [0.25, 0.3) is 0 Å². The van der Waals surface area contributed by atoms with Gasteiger partial charge in [-0.15, -0.1) is 0 Å². The van der Waals surface area contributed by atoms with Gasteiger partial charge < -0.3 is 9.57 Å². The molecule has 0 spiro atoms. The molecule has 0 aliphatic rings. The molecule has 0 unspecified atom stereocenters. The van der Waals surface area contributed by atoms with Crippen molar-refractivity contribution in [2.24, 2.45) is 5.16 Å². The van der Waals surface area contributed by atoms with Crippen LogP contribution < -0.4 is 4.74 Å². The SMILES string of the molecule is C=CCOc1ccc(/C(C)=N/OC(=O)c2ccccc2)cc1. The molecule has 2 aromatic carbocycles. The molecule has 2 rings (SSSR count). The molecule has 0 fully saturated rings. The average molecular weight is 295 g/mol. The predicted octanol–water partition coefficient (Wildman–Crippen LogP) is 3.83. The van der Waals surface area contributed by atoms with E-state index in [4.69, 9.17) is 9.57 Å². The number of carbonyl (C=O) groups excluding carboxylic acids is 1. The van der Waals surface area contributed by atoms with Crippen LogP contribution in [0.25, 0.3) is 0 Å². The summed E-state index contributed by atoms with van der Waals surface area (Å²) < 4.78 is 5.40. The van der Waals surface area contributed by atoms with Gasteiger partial charge in [0.1, 0.15) is 12.4 Å². The monoisotopic (exact) mass is 295 g/mol. The van der Waals surface area contributed by atoms with Crippen LogP contribution in [-0.4, -0.2) is 18.3 Å². The van der Waals surface area contributed by atoms with E-state index in [1.54, 1.807) is 37.3 Å². The molecular formula is C18H17NO3. The quantitative estimate of drug-likeness (QED) is 0.352. The summed E-state index contributed by atoms with van der Waals surface area (Å²) in [6.07, 6.45) is 1.68. The van der Waals surface area contributed by atoms with E-state index in [9.17, 15) is 4.79 Å². The van der Waals surface area contributed by atoms with Crippen molar-refractivity contribution < 1.29 is 14.4 Å². The fraction of sp³-hybridized carbons (Fsp3) is 0.111. The number of hydrogen-bond acceptors (Lipinski definition) is 4. The number of ether oxygens (including phenoxy) is 1. The Morgan fingerprint density at radius 3 is 2.41 bits per heavy atom. The number of oxime groups is 1. The lowest BCUT2D eigenvalue weighted by Crippen LogP contribution is -2.03. The van der Waals surface area contributed by atoms with Crippen molar-refractivity contribution in [3.05, 3.63) is 78.4 Å². The van der Waals surface area contributed by atoms with Crippen LogP contribution in [0.5, 0.6) is 5.75 Å². The molecule has 0 aromatic heterocycles. The molecule has 0 radical (unpaired) electrons. The van der Waals surface area contributed by atoms with Crippen molar-refractivity contribution >= 4 is 11.7 Å². The largest absolute Gasteiger partial charge is 0.490 e. The Morgan fingerprint density at radius 1 is 1.09 bits per heavy atom. The zero-order valence-corrected chi connectivity index (χ0v) is 12.4. The summed E-state index contributed by atoms with van der Waals surface area (Å²) in [5.74, 6) is 0.267. The first-order valence-electron chi connectivity index (χ1n) is 6.86. The summed E-state index contributed by atoms with van der Waals surface area (Å²) in [7, 11) is 0. The van der Waals surface area contributed by atoms with Gasteiger partial charge in [-0.05, 0) is 48.9 Å². The summed E-state index contributed by atoms with van der Waals surface area (Å²) >= 11 is 0. The van der Waals surface area contributed by atoms with Crippen molar-refractivity contribution in [2.75, 3.05) is 6.61 Å². The third kappa shape index (κ3) is 4.31. The topological polar surface area (TPSA) is 47.9 Å². The minimum atomic E-state index is -0.481. The summed E-state index contributed by atoms with van der Waals surface area (Å²) in [5.41, 5.74) is 1.93. The standard InChI is InChI=1S/C18H17NO3/c1-3-13-21-17-11-9-15(10-12-17)14(2)19-22-18(20)16-7-5-4-6-8-16/h3-12H,1,13H2,2H3/b19-14+. The first-order chi connectivity index (χ1) is 10.7. The maximum absolute atomic E-state index is 11.8. The van der Waals surface area contributed by atoms with Crippen molar-refractivity contribution in [3.8, 4) is 5.75 Å². The van der Waals surface area contributed by atoms with E-state index >= 15 is 0 Å². The lowest BCUT2D eigenvalue weighted by atomic mass is 10.1. The number of nitrogens with zero attached hydrogens (tertiary/aromatic N) is 1. The van der Waals surface area contributed by atoms with Crippen LogP contribution >= 0.6 is 0 Å². The highest BCUT2D eigenvalue weighted by Crippen LogP contribution is 2.13. The fourth-order valence-electron chi connectivity index (χ4n) is 1.74. The molecule has 2 aromatic rings. The molecule has 112 valence electrons. The number of hydrogen-bond donors (Lipinski definition) is 0. The van der Waals surface area contributed by atoms with Crippen LogP contribution in [0.3, 0.4) is 0 Å². The van der Waals surface area contributed by atoms with E-state index in [1.165, 1.54) is 0 Å². The number of benzene rings is 2. The molecule has 0 aliphatic heterocycles. The normalized spacial score (nSPS) is 10.9. The third-order valence-electron chi connectivity index (χ3n) is 2.91. The highest BCUT2D eigenvalue weighted by Gasteiger charge is 2.06. The van der Waals surface area contributed by atoms with E-state index in [0.717, 1.165) is 11.3 Å². The van der Waals surface area contributed by atoms with Crippen LogP contribution in [0.4, 0.5) is 0 Å². The molecule has 0 amide bonds.